The maximum Gasteiger partial charge on any atom is 0.217 e. The molecule has 100 valence electrons. The molecule has 0 fully saturated rings. The Morgan fingerprint density at radius 2 is 2.32 bits per heavy atom. The lowest BCUT2D eigenvalue weighted by molar-refractivity contribution is -0.118. The smallest absolute Gasteiger partial charge is 0.217 e. The molecular weight excluding hydrogens is 242 g/mol. The number of H-pyrrole nitrogens is 1. The van der Waals surface area contributed by atoms with E-state index in [1.807, 2.05) is 12.1 Å². The number of amides is 1. The molecule has 2 rings (SSSR count). The van der Waals surface area contributed by atoms with Crippen LogP contribution in [0, 0.1) is 0 Å². The number of aromatic nitrogens is 3. The van der Waals surface area contributed by atoms with Gasteiger partial charge in [0.15, 0.2) is 0 Å². The van der Waals surface area contributed by atoms with E-state index in [1.165, 1.54) is 0 Å². The normalized spacial score (nSPS) is 10.5. The molecular formula is C13H17N5O. The number of nitrogens with zero attached hydrogens (tertiary/aromatic N) is 2. The van der Waals surface area contributed by atoms with Crippen molar-refractivity contribution in [3.63, 3.8) is 0 Å². The SMILES string of the molecule is NC(=O)CCCNCc1cn[nH]c1-c1cccnc1. The van der Waals surface area contributed by atoms with E-state index in [0.717, 1.165) is 29.8 Å². The van der Waals surface area contributed by atoms with Crippen molar-refractivity contribution >= 4 is 5.91 Å². The molecule has 1 amide bonds. The number of aromatic amines is 1. The van der Waals surface area contributed by atoms with Gasteiger partial charge in [-0.05, 0) is 25.1 Å². The molecule has 0 spiro atoms. The summed E-state index contributed by atoms with van der Waals surface area (Å²) in [6.45, 7) is 1.44. The van der Waals surface area contributed by atoms with Gasteiger partial charge in [-0.3, -0.25) is 14.9 Å². The number of carbonyl (C=O) groups excluding carboxylic acids is 1. The van der Waals surface area contributed by atoms with E-state index in [1.54, 1.807) is 18.6 Å². The number of hydrogen-bond donors (Lipinski definition) is 3. The number of pyridine rings is 1. The highest BCUT2D eigenvalue weighted by molar-refractivity contribution is 5.73. The van der Waals surface area contributed by atoms with Crippen LogP contribution >= 0.6 is 0 Å². The Balaban J connectivity index is 1.88. The van der Waals surface area contributed by atoms with Crippen molar-refractivity contribution < 1.29 is 4.79 Å². The molecule has 0 saturated heterocycles. The van der Waals surface area contributed by atoms with Crippen molar-refractivity contribution in [3.05, 3.63) is 36.3 Å². The highest BCUT2D eigenvalue weighted by Crippen LogP contribution is 2.19. The fourth-order valence-electron chi connectivity index (χ4n) is 1.82. The van der Waals surface area contributed by atoms with Crippen LogP contribution in [0.5, 0.6) is 0 Å². The number of nitrogens with one attached hydrogen (secondary N) is 2. The van der Waals surface area contributed by atoms with Gasteiger partial charge in [0.25, 0.3) is 0 Å². The van der Waals surface area contributed by atoms with Crippen LogP contribution in [0.25, 0.3) is 11.3 Å². The minimum absolute atomic E-state index is 0.263. The van der Waals surface area contributed by atoms with Crippen LogP contribution in [0.4, 0.5) is 0 Å². The molecule has 6 nitrogen and oxygen atoms in total. The van der Waals surface area contributed by atoms with Crippen LogP contribution in [-0.2, 0) is 11.3 Å². The quantitative estimate of drug-likeness (QED) is 0.641. The summed E-state index contributed by atoms with van der Waals surface area (Å²) in [5.74, 6) is -0.263. The first-order chi connectivity index (χ1) is 9.27. The van der Waals surface area contributed by atoms with Crippen molar-refractivity contribution in [1.82, 2.24) is 20.5 Å². The number of nitrogens with two attached hydrogens (primary N) is 1. The van der Waals surface area contributed by atoms with Gasteiger partial charge in [-0.2, -0.15) is 5.10 Å². The largest absolute Gasteiger partial charge is 0.370 e. The van der Waals surface area contributed by atoms with Crippen molar-refractivity contribution in [1.29, 1.82) is 0 Å². The highest BCUT2D eigenvalue weighted by atomic mass is 16.1. The summed E-state index contributed by atoms with van der Waals surface area (Å²) in [5, 5.41) is 10.3. The lowest BCUT2D eigenvalue weighted by Crippen LogP contribution is -2.18. The first-order valence-electron chi connectivity index (χ1n) is 6.19. The van der Waals surface area contributed by atoms with E-state index in [4.69, 9.17) is 5.73 Å². The van der Waals surface area contributed by atoms with Crippen LogP contribution in [0.15, 0.2) is 30.7 Å². The third-order valence-electron chi connectivity index (χ3n) is 2.76. The average Bonchev–Trinajstić information content (AvgIpc) is 2.87. The van der Waals surface area contributed by atoms with Gasteiger partial charge in [-0.1, -0.05) is 0 Å². The zero-order chi connectivity index (χ0) is 13.5. The molecule has 0 aliphatic rings. The molecule has 2 aromatic heterocycles. The Morgan fingerprint density at radius 3 is 3.05 bits per heavy atom. The maximum absolute atomic E-state index is 10.6. The maximum atomic E-state index is 10.6. The minimum atomic E-state index is -0.263. The van der Waals surface area contributed by atoms with Crippen LogP contribution in [0.2, 0.25) is 0 Å². The monoisotopic (exact) mass is 259 g/mol. The Bertz CT molecular complexity index is 523. The van der Waals surface area contributed by atoms with Gasteiger partial charge in [-0.15, -0.1) is 0 Å². The van der Waals surface area contributed by atoms with Crippen molar-refractivity contribution in [2.75, 3.05) is 6.54 Å². The molecule has 0 bridgehead atoms. The summed E-state index contributed by atoms with van der Waals surface area (Å²) < 4.78 is 0. The first kappa shape index (κ1) is 13.2. The van der Waals surface area contributed by atoms with Gasteiger partial charge in [-0.25, -0.2) is 0 Å². The number of carbonyl (C=O) groups is 1. The van der Waals surface area contributed by atoms with Crippen molar-refractivity contribution in [2.24, 2.45) is 5.73 Å². The molecule has 0 unspecified atom stereocenters. The summed E-state index contributed by atoms with van der Waals surface area (Å²) in [5.41, 5.74) is 8.13. The fraction of sp³-hybridized carbons (Fsp3) is 0.308. The Morgan fingerprint density at radius 1 is 1.42 bits per heavy atom. The standard InChI is InChI=1S/C13H17N5O/c14-12(19)4-2-6-16-8-11-9-17-18-13(11)10-3-1-5-15-7-10/h1,3,5,7,9,16H,2,4,6,8H2,(H2,14,19)(H,17,18). The highest BCUT2D eigenvalue weighted by Gasteiger charge is 2.07. The molecule has 2 heterocycles. The average molecular weight is 259 g/mol. The molecule has 0 radical (unpaired) electrons. The van der Waals surface area contributed by atoms with Crippen LogP contribution in [0.1, 0.15) is 18.4 Å². The summed E-state index contributed by atoms with van der Waals surface area (Å²) in [6, 6.07) is 3.87. The van der Waals surface area contributed by atoms with Crippen LogP contribution < -0.4 is 11.1 Å². The molecule has 0 aliphatic carbocycles. The van der Waals surface area contributed by atoms with Crippen LogP contribution in [-0.4, -0.2) is 27.6 Å². The number of rotatable bonds is 7. The summed E-state index contributed by atoms with van der Waals surface area (Å²) in [7, 11) is 0. The lowest BCUT2D eigenvalue weighted by atomic mass is 10.1. The van der Waals surface area contributed by atoms with Crippen molar-refractivity contribution in [3.8, 4) is 11.3 Å². The fourth-order valence-corrected chi connectivity index (χ4v) is 1.82. The second-order valence-corrected chi connectivity index (χ2v) is 4.26. The molecule has 6 heteroatoms. The summed E-state index contributed by atoms with van der Waals surface area (Å²) in [4.78, 5) is 14.7. The molecule has 19 heavy (non-hydrogen) atoms. The molecule has 0 saturated carbocycles. The van der Waals surface area contributed by atoms with Gasteiger partial charge in [0.2, 0.25) is 5.91 Å². The summed E-state index contributed by atoms with van der Waals surface area (Å²) in [6.07, 6.45) is 6.48. The van der Waals surface area contributed by atoms with E-state index in [0.29, 0.717) is 13.0 Å². The Labute approximate surface area is 111 Å². The predicted molar refractivity (Wildman–Crippen MR) is 72.0 cm³/mol. The number of primary amides is 1. The van der Waals surface area contributed by atoms with Gasteiger partial charge in [0, 0.05) is 36.5 Å². The minimum Gasteiger partial charge on any atom is -0.370 e. The predicted octanol–water partition coefficient (Wildman–Crippen LogP) is 0.827. The summed E-state index contributed by atoms with van der Waals surface area (Å²) >= 11 is 0. The Hall–Kier alpha value is -2.21. The van der Waals surface area contributed by atoms with Gasteiger partial charge < -0.3 is 11.1 Å². The third kappa shape index (κ3) is 3.89. The van der Waals surface area contributed by atoms with E-state index < -0.39 is 0 Å². The first-order valence-corrected chi connectivity index (χ1v) is 6.19. The molecule has 2 aromatic rings. The van der Waals surface area contributed by atoms with E-state index in [9.17, 15) is 4.79 Å². The zero-order valence-electron chi connectivity index (χ0n) is 10.6. The van der Waals surface area contributed by atoms with Gasteiger partial charge in [0.05, 0.1) is 11.9 Å². The second kappa shape index (κ2) is 6.65. The second-order valence-electron chi connectivity index (χ2n) is 4.26. The van der Waals surface area contributed by atoms with Gasteiger partial charge in [0.1, 0.15) is 0 Å². The Kier molecular flexibility index (Phi) is 4.63. The third-order valence-corrected chi connectivity index (χ3v) is 2.76. The van der Waals surface area contributed by atoms with E-state index in [2.05, 4.69) is 20.5 Å². The van der Waals surface area contributed by atoms with E-state index in [-0.39, 0.29) is 5.91 Å². The molecule has 0 aromatic carbocycles. The molecule has 0 aliphatic heterocycles. The zero-order valence-corrected chi connectivity index (χ0v) is 10.6. The topological polar surface area (TPSA) is 96.7 Å². The molecule has 4 N–H and O–H groups in total. The molecule has 0 atom stereocenters. The van der Waals surface area contributed by atoms with E-state index >= 15 is 0 Å². The lowest BCUT2D eigenvalue weighted by Gasteiger charge is -2.05. The number of hydrogen-bond acceptors (Lipinski definition) is 4. The van der Waals surface area contributed by atoms with Gasteiger partial charge >= 0.3 is 0 Å². The van der Waals surface area contributed by atoms with Crippen molar-refractivity contribution in [2.45, 2.75) is 19.4 Å². The van der Waals surface area contributed by atoms with Crippen LogP contribution in [0.3, 0.4) is 0 Å².